The number of para-hydroxylation sites is 2. The largest absolute Gasteiger partial charge is 0.398 e. The minimum absolute atomic E-state index is 0.413. The molecule has 1 heterocycles. The van der Waals surface area contributed by atoms with Gasteiger partial charge in [0, 0.05) is 11.3 Å². The summed E-state index contributed by atoms with van der Waals surface area (Å²) in [6.07, 6.45) is 0. The highest BCUT2D eigenvalue weighted by Gasteiger charge is 2.16. The predicted octanol–water partition coefficient (Wildman–Crippen LogP) is 2.24. The van der Waals surface area contributed by atoms with Gasteiger partial charge in [0.25, 0.3) is 0 Å². The summed E-state index contributed by atoms with van der Waals surface area (Å²) in [5.74, 6) is 0.562. The van der Waals surface area contributed by atoms with Crippen molar-refractivity contribution in [3.05, 3.63) is 59.4 Å². The van der Waals surface area contributed by atoms with E-state index < -0.39 is 0 Å². The van der Waals surface area contributed by atoms with Crippen LogP contribution in [0, 0.1) is 6.92 Å². The molecule has 0 aliphatic rings. The number of aryl methyl sites for hydroxylation is 1. The molecule has 4 nitrogen and oxygen atoms in total. The third kappa shape index (κ3) is 2.02. The van der Waals surface area contributed by atoms with Gasteiger partial charge in [0.05, 0.1) is 11.0 Å². The Labute approximate surface area is 119 Å². The molecule has 5 heteroatoms. The Bertz CT molecular complexity index is 794. The average Bonchev–Trinajstić information content (AvgIpc) is 2.86. The number of hydrogen-bond acceptors (Lipinski definition) is 3. The molecule has 0 spiro atoms. The normalized spacial score (nSPS) is 10.7. The second-order valence-electron chi connectivity index (χ2n) is 4.55. The van der Waals surface area contributed by atoms with Gasteiger partial charge in [0.1, 0.15) is 16.1 Å². The smallest absolute Gasteiger partial charge is 0.152 e. The summed E-state index contributed by atoms with van der Waals surface area (Å²) in [5.41, 5.74) is 10.1. The van der Waals surface area contributed by atoms with Crippen molar-refractivity contribution >= 4 is 32.8 Å². The Morgan fingerprint density at radius 2 is 2.00 bits per heavy atom. The highest BCUT2D eigenvalue weighted by atomic mass is 32.1. The number of hydrogen-bond donors (Lipinski definition) is 2. The molecule has 20 heavy (non-hydrogen) atoms. The van der Waals surface area contributed by atoms with Gasteiger partial charge in [-0.3, -0.25) is 0 Å². The standard InChI is InChI=1S/C15H13N3OS/c1-9-5-4-6-10(16)13(9)14(20-19)15-17-11-7-2-3-8-12(11)18-15/h2-8H,16H2,1H3,(H,17,18). The third-order valence-electron chi connectivity index (χ3n) is 3.22. The van der Waals surface area contributed by atoms with Crippen LogP contribution in [0.15, 0.2) is 42.5 Å². The second kappa shape index (κ2) is 4.94. The highest BCUT2D eigenvalue weighted by Crippen LogP contribution is 2.21. The topological polar surface area (TPSA) is 71.8 Å². The van der Waals surface area contributed by atoms with Gasteiger partial charge in [0.2, 0.25) is 0 Å². The van der Waals surface area contributed by atoms with Crippen LogP contribution in [0.25, 0.3) is 11.0 Å². The Morgan fingerprint density at radius 1 is 1.20 bits per heavy atom. The van der Waals surface area contributed by atoms with E-state index >= 15 is 0 Å². The van der Waals surface area contributed by atoms with Crippen molar-refractivity contribution in [1.29, 1.82) is 0 Å². The molecule has 0 saturated carbocycles. The summed E-state index contributed by atoms with van der Waals surface area (Å²) in [4.78, 5) is 8.17. The van der Waals surface area contributed by atoms with Gasteiger partial charge in [0.15, 0.2) is 5.82 Å². The summed E-state index contributed by atoms with van der Waals surface area (Å²) in [5, 5.41) is 0. The van der Waals surface area contributed by atoms with Crippen molar-refractivity contribution < 1.29 is 4.21 Å². The maximum Gasteiger partial charge on any atom is 0.152 e. The first-order chi connectivity index (χ1) is 9.70. The van der Waals surface area contributed by atoms with Gasteiger partial charge in [-0.2, -0.15) is 0 Å². The van der Waals surface area contributed by atoms with Crippen molar-refractivity contribution in [1.82, 2.24) is 9.97 Å². The Hall–Kier alpha value is -2.40. The van der Waals surface area contributed by atoms with Crippen LogP contribution >= 0.6 is 0 Å². The highest BCUT2D eigenvalue weighted by molar-refractivity contribution is 7.67. The van der Waals surface area contributed by atoms with Crippen molar-refractivity contribution in [2.75, 3.05) is 5.73 Å². The van der Waals surface area contributed by atoms with Gasteiger partial charge in [-0.25, -0.2) is 9.19 Å². The van der Waals surface area contributed by atoms with E-state index in [1.807, 2.05) is 43.3 Å². The van der Waals surface area contributed by atoms with Crippen LogP contribution in [0.5, 0.6) is 0 Å². The van der Waals surface area contributed by atoms with Crippen molar-refractivity contribution in [3.8, 4) is 0 Å². The van der Waals surface area contributed by atoms with E-state index in [1.165, 1.54) is 0 Å². The zero-order valence-electron chi connectivity index (χ0n) is 10.9. The SMILES string of the molecule is Cc1cccc(N)c1C(=S=O)c1nc2ccccc2[nH]1. The average molecular weight is 283 g/mol. The molecule has 0 fully saturated rings. The van der Waals surface area contributed by atoms with Gasteiger partial charge in [-0.15, -0.1) is 0 Å². The number of nitrogens with one attached hydrogen (secondary N) is 1. The summed E-state index contributed by atoms with van der Waals surface area (Å²) >= 11 is 0.413. The molecule has 100 valence electrons. The molecule has 0 atom stereocenters. The number of nitrogens with zero attached hydrogens (tertiary/aromatic N) is 1. The molecule has 3 N–H and O–H groups in total. The van der Waals surface area contributed by atoms with E-state index in [1.54, 1.807) is 6.07 Å². The van der Waals surface area contributed by atoms with Crippen LogP contribution in [0.3, 0.4) is 0 Å². The lowest BCUT2D eigenvalue weighted by atomic mass is 10.0. The number of aromatic nitrogens is 2. The monoisotopic (exact) mass is 283 g/mol. The minimum atomic E-state index is 0.413. The maximum atomic E-state index is 11.6. The zero-order valence-corrected chi connectivity index (χ0v) is 11.7. The fourth-order valence-electron chi connectivity index (χ4n) is 2.26. The first kappa shape index (κ1) is 12.6. The molecule has 0 unspecified atom stereocenters. The molecule has 1 aromatic heterocycles. The Morgan fingerprint density at radius 3 is 2.70 bits per heavy atom. The Kier molecular flexibility index (Phi) is 3.12. The fraction of sp³-hybridized carbons (Fsp3) is 0.0667. The van der Waals surface area contributed by atoms with E-state index in [2.05, 4.69) is 9.97 Å². The maximum absolute atomic E-state index is 11.6. The fourth-order valence-corrected chi connectivity index (χ4v) is 2.80. The lowest BCUT2D eigenvalue weighted by Gasteiger charge is -2.08. The molecule has 2 aromatic carbocycles. The number of fused-ring (bicyclic) bond motifs is 1. The van der Waals surface area contributed by atoms with E-state index in [9.17, 15) is 4.21 Å². The second-order valence-corrected chi connectivity index (χ2v) is 5.13. The van der Waals surface area contributed by atoms with E-state index in [0.717, 1.165) is 22.2 Å². The first-order valence-corrected chi connectivity index (χ1v) is 6.92. The van der Waals surface area contributed by atoms with Crippen LogP contribution < -0.4 is 5.73 Å². The minimum Gasteiger partial charge on any atom is -0.398 e. The van der Waals surface area contributed by atoms with E-state index in [0.29, 0.717) is 27.6 Å². The van der Waals surface area contributed by atoms with Crippen LogP contribution in [-0.2, 0) is 11.3 Å². The Balaban J connectivity index is 2.22. The number of nitrogens with two attached hydrogens (primary N) is 1. The summed E-state index contributed by atoms with van der Waals surface area (Å²) in [7, 11) is 0. The molecule has 0 radical (unpaired) electrons. The molecular formula is C15H13N3OS. The lowest BCUT2D eigenvalue weighted by molar-refractivity contribution is 0.701. The van der Waals surface area contributed by atoms with Crippen molar-refractivity contribution in [3.63, 3.8) is 0 Å². The molecule has 3 rings (SSSR count). The molecular weight excluding hydrogens is 270 g/mol. The van der Waals surface area contributed by atoms with Crippen LogP contribution in [0.1, 0.15) is 17.0 Å². The first-order valence-electron chi connectivity index (χ1n) is 6.18. The molecule has 0 aliphatic heterocycles. The van der Waals surface area contributed by atoms with Crippen molar-refractivity contribution in [2.45, 2.75) is 6.92 Å². The van der Waals surface area contributed by atoms with Crippen LogP contribution in [0.4, 0.5) is 5.69 Å². The molecule has 0 saturated heterocycles. The zero-order chi connectivity index (χ0) is 14.1. The number of anilines is 1. The summed E-state index contributed by atoms with van der Waals surface area (Å²) in [6.45, 7) is 1.94. The predicted molar refractivity (Wildman–Crippen MR) is 83.0 cm³/mol. The lowest BCUT2D eigenvalue weighted by Crippen LogP contribution is -2.10. The summed E-state index contributed by atoms with van der Waals surface area (Å²) in [6, 6.07) is 13.3. The van der Waals surface area contributed by atoms with E-state index in [4.69, 9.17) is 5.73 Å². The quantitative estimate of drug-likeness (QED) is 0.430. The van der Waals surface area contributed by atoms with E-state index in [-0.39, 0.29) is 0 Å². The number of nitrogen functional groups attached to an aromatic ring is 1. The summed E-state index contributed by atoms with van der Waals surface area (Å²) < 4.78 is 11.6. The van der Waals surface area contributed by atoms with Gasteiger partial charge < -0.3 is 10.7 Å². The number of rotatable bonds is 2. The number of imidazole rings is 1. The van der Waals surface area contributed by atoms with Crippen LogP contribution in [0.2, 0.25) is 0 Å². The number of benzene rings is 2. The van der Waals surface area contributed by atoms with Gasteiger partial charge in [-0.05, 0) is 30.7 Å². The molecule has 0 bridgehead atoms. The number of H-pyrrole nitrogens is 1. The van der Waals surface area contributed by atoms with Gasteiger partial charge in [-0.1, -0.05) is 24.3 Å². The number of aromatic amines is 1. The van der Waals surface area contributed by atoms with Gasteiger partial charge >= 0.3 is 0 Å². The third-order valence-corrected chi connectivity index (χ3v) is 3.78. The molecule has 0 amide bonds. The van der Waals surface area contributed by atoms with Crippen LogP contribution in [-0.4, -0.2) is 19.0 Å². The molecule has 3 aromatic rings. The van der Waals surface area contributed by atoms with Crippen molar-refractivity contribution in [2.24, 2.45) is 0 Å². The molecule has 0 aliphatic carbocycles.